The minimum absolute atomic E-state index is 0.00604. The summed E-state index contributed by atoms with van der Waals surface area (Å²) in [5.74, 6) is -0.768. The van der Waals surface area contributed by atoms with Crippen molar-refractivity contribution in [3.05, 3.63) is 64.2 Å². The summed E-state index contributed by atoms with van der Waals surface area (Å²) in [5, 5.41) is 5.64. The van der Waals surface area contributed by atoms with Crippen molar-refractivity contribution < 1.29 is 14.0 Å². The van der Waals surface area contributed by atoms with E-state index in [1.54, 1.807) is 30.3 Å². The first-order valence-electron chi connectivity index (χ1n) is 8.04. The number of rotatable bonds is 3. The number of nitrogens with one attached hydrogen (secondary N) is 2. The molecule has 7 heteroatoms. The molecule has 1 aliphatic heterocycles. The number of hydrogen-bond acceptors (Lipinski definition) is 4. The Morgan fingerprint density at radius 3 is 2.88 bits per heavy atom. The lowest BCUT2D eigenvalue weighted by Gasteiger charge is -2.17. The van der Waals surface area contributed by atoms with Crippen molar-refractivity contribution in [2.45, 2.75) is 12.8 Å². The van der Waals surface area contributed by atoms with E-state index < -0.39 is 5.82 Å². The molecule has 26 heavy (non-hydrogen) atoms. The zero-order valence-electron chi connectivity index (χ0n) is 13.6. The molecule has 0 bridgehead atoms. The molecular weight excluding hydrogens is 353 g/mol. The minimum Gasteiger partial charge on any atom is -0.326 e. The average Bonchev–Trinajstić information content (AvgIpc) is 3.12. The summed E-state index contributed by atoms with van der Waals surface area (Å²) in [5.41, 5.74) is 4.52. The van der Waals surface area contributed by atoms with E-state index in [4.69, 9.17) is 0 Å². The van der Waals surface area contributed by atoms with Gasteiger partial charge in [-0.3, -0.25) is 9.59 Å². The summed E-state index contributed by atoms with van der Waals surface area (Å²) in [6.45, 7) is 0. The fourth-order valence-electron chi connectivity index (χ4n) is 2.90. The molecule has 2 heterocycles. The van der Waals surface area contributed by atoms with E-state index in [1.165, 1.54) is 11.6 Å². The maximum Gasteiger partial charge on any atom is 0.268 e. The lowest BCUT2D eigenvalue weighted by Crippen LogP contribution is -2.19. The number of benzene rings is 2. The molecule has 2 amide bonds. The fraction of sp³-hybridized carbons (Fsp3) is 0.105. The van der Waals surface area contributed by atoms with Gasteiger partial charge in [0.2, 0.25) is 5.91 Å². The zero-order valence-corrected chi connectivity index (χ0v) is 14.4. The van der Waals surface area contributed by atoms with Crippen LogP contribution in [-0.4, -0.2) is 16.8 Å². The number of nitrogens with zero attached hydrogens (tertiary/aromatic N) is 1. The van der Waals surface area contributed by atoms with E-state index in [2.05, 4.69) is 15.6 Å². The Labute approximate surface area is 152 Å². The highest BCUT2D eigenvalue weighted by atomic mass is 32.1. The number of halogens is 1. The van der Waals surface area contributed by atoms with Crippen molar-refractivity contribution in [3.8, 4) is 11.3 Å². The van der Waals surface area contributed by atoms with Gasteiger partial charge in [-0.2, -0.15) is 0 Å². The second-order valence-corrected chi connectivity index (χ2v) is 6.74. The van der Waals surface area contributed by atoms with Crippen LogP contribution in [0.25, 0.3) is 11.3 Å². The van der Waals surface area contributed by atoms with Crippen LogP contribution >= 0.6 is 11.3 Å². The first-order chi connectivity index (χ1) is 12.6. The third-order valence-corrected chi connectivity index (χ3v) is 4.99. The van der Waals surface area contributed by atoms with E-state index in [0.717, 1.165) is 22.6 Å². The number of aromatic nitrogens is 1. The molecule has 3 aromatic rings. The van der Waals surface area contributed by atoms with Gasteiger partial charge in [0.25, 0.3) is 5.91 Å². The molecule has 130 valence electrons. The highest BCUT2D eigenvalue weighted by Gasteiger charge is 2.20. The van der Waals surface area contributed by atoms with Crippen LogP contribution in [0.1, 0.15) is 21.7 Å². The van der Waals surface area contributed by atoms with Gasteiger partial charge in [-0.05, 0) is 42.3 Å². The molecule has 5 nitrogen and oxygen atoms in total. The molecule has 2 N–H and O–H groups in total. The van der Waals surface area contributed by atoms with Crippen LogP contribution in [0.4, 0.5) is 15.8 Å². The van der Waals surface area contributed by atoms with Gasteiger partial charge in [0.05, 0.1) is 11.2 Å². The number of hydrogen-bond donors (Lipinski definition) is 2. The molecule has 0 unspecified atom stereocenters. The van der Waals surface area contributed by atoms with Gasteiger partial charge in [0.15, 0.2) is 0 Å². The molecule has 0 spiro atoms. The van der Waals surface area contributed by atoms with Crippen molar-refractivity contribution in [2.75, 3.05) is 10.6 Å². The Morgan fingerprint density at radius 2 is 2.04 bits per heavy atom. The first-order valence-corrected chi connectivity index (χ1v) is 8.92. The number of carbonyl (C=O) groups is 2. The quantitative estimate of drug-likeness (QED) is 0.733. The number of carbonyl (C=O) groups excluding carboxylic acids is 2. The van der Waals surface area contributed by atoms with Gasteiger partial charge >= 0.3 is 0 Å². The van der Waals surface area contributed by atoms with E-state index in [9.17, 15) is 14.0 Å². The van der Waals surface area contributed by atoms with Crippen molar-refractivity contribution in [1.29, 1.82) is 0 Å². The molecule has 0 saturated heterocycles. The maximum absolute atomic E-state index is 14.0. The monoisotopic (exact) mass is 367 g/mol. The van der Waals surface area contributed by atoms with E-state index in [-0.39, 0.29) is 11.8 Å². The molecule has 0 atom stereocenters. The largest absolute Gasteiger partial charge is 0.326 e. The predicted octanol–water partition coefficient (Wildman–Crippen LogP) is 4.09. The van der Waals surface area contributed by atoms with Crippen molar-refractivity contribution >= 4 is 34.5 Å². The summed E-state index contributed by atoms with van der Waals surface area (Å²) >= 11 is 1.16. The lowest BCUT2D eigenvalue weighted by atomic mass is 10.0. The SMILES string of the molecule is O=C1CCc2cc(NC(=O)c3scnc3-c3ccccc3F)ccc2N1. The van der Waals surface area contributed by atoms with Crippen LogP contribution in [-0.2, 0) is 11.2 Å². The number of amides is 2. The first kappa shape index (κ1) is 16.4. The Bertz CT molecular complexity index is 1020. The lowest BCUT2D eigenvalue weighted by molar-refractivity contribution is -0.116. The Hall–Kier alpha value is -3.06. The molecule has 0 fully saturated rings. The molecule has 2 aromatic carbocycles. The molecule has 1 aliphatic rings. The molecular formula is C19H14FN3O2S. The van der Waals surface area contributed by atoms with Gasteiger partial charge in [-0.15, -0.1) is 11.3 Å². The number of anilines is 2. The summed E-state index contributed by atoms with van der Waals surface area (Å²) in [4.78, 5) is 28.6. The average molecular weight is 367 g/mol. The van der Waals surface area contributed by atoms with Crippen LogP contribution in [0, 0.1) is 5.82 Å². The van der Waals surface area contributed by atoms with E-state index in [0.29, 0.717) is 34.7 Å². The zero-order chi connectivity index (χ0) is 18.1. The highest BCUT2D eigenvalue weighted by molar-refractivity contribution is 7.12. The second kappa shape index (κ2) is 6.68. The van der Waals surface area contributed by atoms with Crippen LogP contribution in [0.2, 0.25) is 0 Å². The van der Waals surface area contributed by atoms with Gasteiger partial charge in [-0.25, -0.2) is 9.37 Å². The van der Waals surface area contributed by atoms with Crippen molar-refractivity contribution in [3.63, 3.8) is 0 Å². The van der Waals surface area contributed by atoms with Crippen LogP contribution < -0.4 is 10.6 Å². The van der Waals surface area contributed by atoms with Crippen LogP contribution in [0.5, 0.6) is 0 Å². The topological polar surface area (TPSA) is 71.1 Å². The number of fused-ring (bicyclic) bond motifs is 1. The Balaban J connectivity index is 1.60. The fourth-order valence-corrected chi connectivity index (χ4v) is 3.60. The molecule has 1 aromatic heterocycles. The molecule has 0 radical (unpaired) electrons. The summed E-state index contributed by atoms with van der Waals surface area (Å²) < 4.78 is 14.0. The standard InChI is InChI=1S/C19H14FN3O2S/c20-14-4-2-1-3-13(14)17-18(26-10-21-17)19(25)22-12-6-7-15-11(9-12)5-8-16(24)23-15/h1-4,6-7,9-10H,5,8H2,(H,22,25)(H,23,24). The molecule has 0 saturated carbocycles. The smallest absolute Gasteiger partial charge is 0.268 e. The van der Waals surface area contributed by atoms with E-state index >= 15 is 0 Å². The Kier molecular flexibility index (Phi) is 4.22. The molecule has 4 rings (SSSR count). The third-order valence-electron chi connectivity index (χ3n) is 4.16. The second-order valence-electron chi connectivity index (χ2n) is 5.88. The predicted molar refractivity (Wildman–Crippen MR) is 98.9 cm³/mol. The van der Waals surface area contributed by atoms with Gasteiger partial charge in [0, 0.05) is 23.4 Å². The Morgan fingerprint density at radius 1 is 1.19 bits per heavy atom. The summed E-state index contributed by atoms with van der Waals surface area (Å²) in [6.07, 6.45) is 1.06. The minimum atomic E-state index is -0.419. The van der Waals surface area contributed by atoms with E-state index in [1.807, 2.05) is 6.07 Å². The maximum atomic E-state index is 14.0. The summed E-state index contributed by atoms with van der Waals surface area (Å²) in [6, 6.07) is 11.6. The third kappa shape index (κ3) is 3.09. The van der Waals surface area contributed by atoms with Crippen molar-refractivity contribution in [1.82, 2.24) is 4.98 Å². The van der Waals surface area contributed by atoms with Crippen LogP contribution in [0.3, 0.4) is 0 Å². The van der Waals surface area contributed by atoms with Gasteiger partial charge < -0.3 is 10.6 Å². The number of thiazole rings is 1. The summed E-state index contributed by atoms with van der Waals surface area (Å²) in [7, 11) is 0. The van der Waals surface area contributed by atoms with Gasteiger partial charge in [-0.1, -0.05) is 12.1 Å². The highest BCUT2D eigenvalue weighted by Crippen LogP contribution is 2.30. The number of aryl methyl sites for hydroxylation is 1. The van der Waals surface area contributed by atoms with Gasteiger partial charge in [0.1, 0.15) is 10.7 Å². The molecule has 0 aliphatic carbocycles. The normalized spacial score (nSPS) is 13.0. The van der Waals surface area contributed by atoms with Crippen molar-refractivity contribution in [2.24, 2.45) is 0 Å². The van der Waals surface area contributed by atoms with Crippen LogP contribution in [0.15, 0.2) is 48.0 Å².